The topological polar surface area (TPSA) is 54.5 Å². The monoisotopic (exact) mass is 343 g/mol. The number of fused-ring (bicyclic) bond motifs is 2. The number of ether oxygens (including phenoxy) is 1. The Morgan fingerprint density at radius 3 is 2.67 bits per heavy atom. The summed E-state index contributed by atoms with van der Waals surface area (Å²) in [6.45, 7) is 0.614. The van der Waals surface area contributed by atoms with Crippen molar-refractivity contribution in [3.8, 4) is 5.75 Å². The van der Waals surface area contributed by atoms with Crippen molar-refractivity contribution in [1.82, 2.24) is 15.2 Å². The highest BCUT2D eigenvalue weighted by Crippen LogP contribution is 2.37. The molecule has 2 fully saturated rings. The molecule has 6 heteroatoms. The lowest BCUT2D eigenvalue weighted by Crippen LogP contribution is -2.52. The van der Waals surface area contributed by atoms with E-state index in [-0.39, 0.29) is 12.1 Å². The fraction of sp³-hybridized carbons (Fsp3) is 0.444. The van der Waals surface area contributed by atoms with Gasteiger partial charge in [-0.05, 0) is 36.4 Å². The van der Waals surface area contributed by atoms with Crippen molar-refractivity contribution in [2.24, 2.45) is 0 Å². The van der Waals surface area contributed by atoms with Crippen molar-refractivity contribution >= 4 is 17.4 Å². The van der Waals surface area contributed by atoms with Gasteiger partial charge in [-0.3, -0.25) is 4.98 Å². The van der Waals surface area contributed by atoms with Crippen molar-refractivity contribution in [1.29, 1.82) is 0 Å². The molecule has 2 bridgehead atoms. The lowest BCUT2D eigenvalue weighted by molar-refractivity contribution is 0.0686. The first-order valence-corrected chi connectivity index (χ1v) is 9.33. The first-order chi connectivity index (χ1) is 11.8. The summed E-state index contributed by atoms with van der Waals surface area (Å²) in [7, 11) is 0. The molecule has 0 radical (unpaired) electrons. The Morgan fingerprint density at radius 2 is 2.00 bits per heavy atom. The van der Waals surface area contributed by atoms with E-state index in [0.717, 1.165) is 31.4 Å². The van der Waals surface area contributed by atoms with Crippen LogP contribution in [0.1, 0.15) is 30.6 Å². The van der Waals surface area contributed by atoms with Crippen molar-refractivity contribution in [3.63, 3.8) is 0 Å². The Balaban J connectivity index is 1.35. The van der Waals surface area contributed by atoms with Gasteiger partial charge in [-0.1, -0.05) is 6.07 Å². The smallest absolute Gasteiger partial charge is 0.318 e. The number of piperidine rings is 1. The first kappa shape index (κ1) is 15.4. The summed E-state index contributed by atoms with van der Waals surface area (Å²) in [6.07, 6.45) is 7.65. The maximum absolute atomic E-state index is 12.6. The van der Waals surface area contributed by atoms with Gasteiger partial charge in [0.25, 0.3) is 0 Å². The molecule has 2 aromatic rings. The molecule has 1 N–H and O–H groups in total. The molecule has 0 aromatic carbocycles. The fourth-order valence-electron chi connectivity index (χ4n) is 3.83. The summed E-state index contributed by atoms with van der Waals surface area (Å²) in [6, 6.07) is 8.49. The minimum absolute atomic E-state index is 0.0678. The van der Waals surface area contributed by atoms with Gasteiger partial charge in [-0.25, -0.2) is 4.79 Å². The molecule has 2 aliphatic heterocycles. The highest BCUT2D eigenvalue weighted by Gasteiger charge is 2.44. The van der Waals surface area contributed by atoms with E-state index in [1.165, 1.54) is 4.88 Å². The van der Waals surface area contributed by atoms with Crippen molar-refractivity contribution in [2.75, 3.05) is 0 Å². The van der Waals surface area contributed by atoms with E-state index in [1.807, 2.05) is 29.6 Å². The molecule has 126 valence electrons. The van der Waals surface area contributed by atoms with Crippen LogP contribution in [0.15, 0.2) is 42.0 Å². The summed E-state index contributed by atoms with van der Waals surface area (Å²) in [5.74, 6) is 0.866. The largest absolute Gasteiger partial charge is 0.490 e. The van der Waals surface area contributed by atoms with Crippen LogP contribution in [0.2, 0.25) is 0 Å². The van der Waals surface area contributed by atoms with Gasteiger partial charge >= 0.3 is 6.03 Å². The lowest BCUT2D eigenvalue weighted by atomic mass is 10.00. The summed E-state index contributed by atoms with van der Waals surface area (Å²) < 4.78 is 6.09. The molecule has 2 saturated heterocycles. The van der Waals surface area contributed by atoms with E-state index < -0.39 is 0 Å². The summed E-state index contributed by atoms with van der Waals surface area (Å²) in [5.41, 5.74) is 0. The molecule has 5 nitrogen and oxygen atoms in total. The van der Waals surface area contributed by atoms with Crippen LogP contribution in [0, 0.1) is 0 Å². The second-order valence-electron chi connectivity index (χ2n) is 6.42. The number of amides is 2. The van der Waals surface area contributed by atoms with E-state index >= 15 is 0 Å². The zero-order valence-electron chi connectivity index (χ0n) is 13.4. The average molecular weight is 343 g/mol. The van der Waals surface area contributed by atoms with Gasteiger partial charge in [-0.15, -0.1) is 11.3 Å². The first-order valence-electron chi connectivity index (χ1n) is 8.45. The number of rotatable bonds is 4. The molecule has 24 heavy (non-hydrogen) atoms. The average Bonchev–Trinajstić information content (AvgIpc) is 3.20. The Labute approximate surface area is 145 Å². The van der Waals surface area contributed by atoms with Crippen LogP contribution in [0.5, 0.6) is 5.75 Å². The molecule has 4 rings (SSSR count). The quantitative estimate of drug-likeness (QED) is 0.925. The fourth-order valence-corrected chi connectivity index (χ4v) is 4.48. The molecule has 2 aromatic heterocycles. The van der Waals surface area contributed by atoms with Gasteiger partial charge in [0.2, 0.25) is 0 Å². The van der Waals surface area contributed by atoms with Crippen LogP contribution < -0.4 is 10.1 Å². The van der Waals surface area contributed by atoms with Gasteiger partial charge in [0.15, 0.2) is 0 Å². The van der Waals surface area contributed by atoms with E-state index in [2.05, 4.69) is 15.2 Å². The van der Waals surface area contributed by atoms with E-state index in [9.17, 15) is 4.79 Å². The van der Waals surface area contributed by atoms with E-state index in [4.69, 9.17) is 4.74 Å². The number of aromatic nitrogens is 1. The van der Waals surface area contributed by atoms with Gasteiger partial charge in [0.1, 0.15) is 11.9 Å². The van der Waals surface area contributed by atoms with Crippen molar-refractivity contribution in [2.45, 2.75) is 50.4 Å². The number of thiophene rings is 1. The predicted molar refractivity (Wildman–Crippen MR) is 93.1 cm³/mol. The highest BCUT2D eigenvalue weighted by molar-refractivity contribution is 7.09. The number of carbonyl (C=O) groups excluding carboxylic acids is 1. The Kier molecular flexibility index (Phi) is 4.38. The highest BCUT2D eigenvalue weighted by atomic mass is 32.1. The number of pyridine rings is 1. The molecule has 0 aliphatic carbocycles. The summed E-state index contributed by atoms with van der Waals surface area (Å²) in [5, 5.41) is 5.10. The SMILES string of the molecule is O=C(NCc1cccs1)N1C2CCC1CC(Oc1ccncc1)C2. The minimum atomic E-state index is 0.0678. The zero-order chi connectivity index (χ0) is 16.4. The van der Waals surface area contributed by atoms with Gasteiger partial charge in [0, 0.05) is 42.2 Å². The van der Waals surface area contributed by atoms with Crippen LogP contribution in [0.3, 0.4) is 0 Å². The van der Waals surface area contributed by atoms with Gasteiger partial charge in [-0.2, -0.15) is 0 Å². The number of nitrogens with one attached hydrogen (secondary N) is 1. The number of hydrogen-bond donors (Lipinski definition) is 1. The molecule has 2 amide bonds. The predicted octanol–water partition coefficient (Wildman–Crippen LogP) is 3.43. The number of carbonyl (C=O) groups is 1. The molecule has 2 aliphatic rings. The normalized spacial score (nSPS) is 25.5. The van der Waals surface area contributed by atoms with Crippen molar-refractivity contribution in [3.05, 3.63) is 46.9 Å². The molecule has 0 spiro atoms. The Bertz CT molecular complexity index is 663. The third-order valence-corrected chi connectivity index (χ3v) is 5.75. The molecule has 2 atom stereocenters. The zero-order valence-corrected chi connectivity index (χ0v) is 14.2. The van der Waals surface area contributed by atoms with Gasteiger partial charge < -0.3 is 15.0 Å². The van der Waals surface area contributed by atoms with E-state index in [1.54, 1.807) is 23.7 Å². The van der Waals surface area contributed by atoms with Crippen LogP contribution in [0.4, 0.5) is 4.79 Å². The molecule has 4 heterocycles. The van der Waals surface area contributed by atoms with E-state index in [0.29, 0.717) is 18.6 Å². The molecular formula is C18H21N3O2S. The summed E-state index contributed by atoms with van der Waals surface area (Å²) >= 11 is 1.67. The molecular weight excluding hydrogens is 322 g/mol. The second-order valence-corrected chi connectivity index (χ2v) is 7.46. The number of hydrogen-bond acceptors (Lipinski definition) is 4. The Hall–Kier alpha value is -2.08. The van der Waals surface area contributed by atoms with Crippen molar-refractivity contribution < 1.29 is 9.53 Å². The Morgan fingerprint density at radius 1 is 1.25 bits per heavy atom. The van der Waals surface area contributed by atoms with Crippen LogP contribution in [0.25, 0.3) is 0 Å². The van der Waals surface area contributed by atoms with Crippen LogP contribution in [-0.4, -0.2) is 34.1 Å². The van der Waals surface area contributed by atoms with Gasteiger partial charge in [0.05, 0.1) is 6.54 Å². The van der Waals surface area contributed by atoms with Crippen LogP contribution in [-0.2, 0) is 6.54 Å². The second kappa shape index (κ2) is 6.81. The van der Waals surface area contributed by atoms with Crippen LogP contribution >= 0.6 is 11.3 Å². The molecule has 0 saturated carbocycles. The lowest BCUT2D eigenvalue weighted by Gasteiger charge is -2.38. The maximum Gasteiger partial charge on any atom is 0.318 e. The standard InChI is InChI=1S/C18H21N3O2S/c22-18(20-12-17-2-1-9-24-17)21-13-3-4-14(21)11-16(10-13)23-15-5-7-19-8-6-15/h1-2,5-9,13-14,16H,3-4,10-12H2,(H,20,22). The third kappa shape index (κ3) is 3.24. The summed E-state index contributed by atoms with van der Waals surface area (Å²) in [4.78, 5) is 19.8. The molecule has 2 unspecified atom stereocenters. The maximum atomic E-state index is 12.6. The number of nitrogens with zero attached hydrogens (tertiary/aromatic N) is 2. The third-order valence-electron chi connectivity index (χ3n) is 4.87. The number of urea groups is 1. The minimum Gasteiger partial charge on any atom is -0.490 e.